The second kappa shape index (κ2) is 9.80. The Balaban J connectivity index is 2.03. The molecule has 1 atom stereocenters. The largest absolute Gasteiger partial charge is 0.497 e. The monoisotopic (exact) mass is 435 g/mol. The summed E-state index contributed by atoms with van der Waals surface area (Å²) in [6.45, 7) is 1.53. The quantitative estimate of drug-likeness (QED) is 0.535. The summed E-state index contributed by atoms with van der Waals surface area (Å²) < 4.78 is 8.47. The maximum atomic E-state index is 5.26. The number of halogens is 1. The molecule has 0 fully saturated rings. The molecule has 1 N–H and O–H groups in total. The highest BCUT2D eigenvalue weighted by Gasteiger charge is 2.16. The Bertz CT molecular complexity index is 754. The average Bonchev–Trinajstić information content (AvgIpc) is 2.95. The van der Waals surface area contributed by atoms with Gasteiger partial charge in [-0.05, 0) is 53.8 Å². The second-order valence-corrected chi connectivity index (χ2v) is 7.71. The smallest absolute Gasteiger partial charge is 0.193 e. The molecule has 0 saturated carbocycles. The molecule has 0 aliphatic rings. The molecule has 6 nitrogen and oxygen atoms in total. The highest BCUT2D eigenvalue weighted by molar-refractivity contribution is 9.10. The molecule has 2 rings (SSSR count). The van der Waals surface area contributed by atoms with Crippen molar-refractivity contribution in [2.45, 2.75) is 12.6 Å². The Kier molecular flexibility index (Phi) is 7.74. The molecular weight excluding hydrogens is 406 g/mol. The molecular formula is C20H30BrN5O. The maximum absolute atomic E-state index is 5.26. The second-order valence-electron chi connectivity index (χ2n) is 6.80. The van der Waals surface area contributed by atoms with Crippen LogP contribution < -0.4 is 10.1 Å². The van der Waals surface area contributed by atoms with E-state index >= 15 is 0 Å². The van der Waals surface area contributed by atoms with Crippen LogP contribution in [0, 0.1) is 0 Å². The number of hydrogen-bond acceptors (Lipinski definition) is 3. The highest BCUT2D eigenvalue weighted by Crippen LogP contribution is 2.21. The van der Waals surface area contributed by atoms with Crippen LogP contribution in [0.3, 0.4) is 0 Å². The molecule has 0 bridgehead atoms. The van der Waals surface area contributed by atoms with Crippen molar-refractivity contribution in [2.24, 2.45) is 12.0 Å². The summed E-state index contributed by atoms with van der Waals surface area (Å²) in [4.78, 5) is 8.78. The first kappa shape index (κ1) is 21.3. The van der Waals surface area contributed by atoms with Gasteiger partial charge in [-0.1, -0.05) is 12.1 Å². The molecule has 148 valence electrons. The number of aromatic nitrogens is 1. The van der Waals surface area contributed by atoms with Gasteiger partial charge in [0.15, 0.2) is 5.96 Å². The number of nitrogens with one attached hydrogen (secondary N) is 1. The summed E-state index contributed by atoms with van der Waals surface area (Å²) in [6.07, 6.45) is 2.06. The van der Waals surface area contributed by atoms with Gasteiger partial charge in [0.1, 0.15) is 5.75 Å². The minimum atomic E-state index is 0.227. The number of benzene rings is 1. The van der Waals surface area contributed by atoms with E-state index in [1.165, 1.54) is 11.3 Å². The molecule has 27 heavy (non-hydrogen) atoms. The Hall–Kier alpha value is -1.99. The van der Waals surface area contributed by atoms with Crippen molar-refractivity contribution < 1.29 is 4.74 Å². The van der Waals surface area contributed by atoms with Crippen molar-refractivity contribution in [2.75, 3.05) is 41.8 Å². The van der Waals surface area contributed by atoms with Crippen LogP contribution in [0.1, 0.15) is 17.3 Å². The highest BCUT2D eigenvalue weighted by atomic mass is 79.9. The van der Waals surface area contributed by atoms with Gasteiger partial charge < -0.3 is 24.4 Å². The van der Waals surface area contributed by atoms with Crippen LogP contribution >= 0.6 is 15.9 Å². The van der Waals surface area contributed by atoms with Gasteiger partial charge >= 0.3 is 0 Å². The van der Waals surface area contributed by atoms with Crippen LogP contribution in [0.5, 0.6) is 5.75 Å². The van der Waals surface area contributed by atoms with E-state index in [4.69, 9.17) is 4.74 Å². The topological polar surface area (TPSA) is 45.0 Å². The molecule has 1 aromatic heterocycles. The molecule has 2 aromatic rings. The Morgan fingerprint density at radius 2 is 1.93 bits per heavy atom. The molecule has 0 radical (unpaired) electrons. The molecule has 1 heterocycles. The number of guanidine groups is 1. The first-order chi connectivity index (χ1) is 12.8. The van der Waals surface area contributed by atoms with Gasteiger partial charge in [-0.2, -0.15) is 0 Å². The Labute approximate surface area is 171 Å². The molecule has 0 saturated heterocycles. The minimum Gasteiger partial charge on any atom is -0.497 e. The number of rotatable bonds is 7. The zero-order valence-electron chi connectivity index (χ0n) is 17.0. The standard InChI is InChI=1S/C20H30BrN5O/c1-22-20(26(5)14-17-11-16(21)13-25(17)4)23-12-19(24(2)3)15-7-9-18(27-6)10-8-15/h7-11,13,19H,12,14H2,1-6H3,(H,22,23). The molecule has 0 aliphatic heterocycles. The SMILES string of the molecule is CN=C(NCC(c1ccc(OC)cc1)N(C)C)N(C)Cc1cc(Br)cn1C. The van der Waals surface area contributed by atoms with Gasteiger partial charge in [-0.15, -0.1) is 0 Å². The third-order valence-electron chi connectivity index (χ3n) is 4.62. The fourth-order valence-corrected chi connectivity index (χ4v) is 3.61. The van der Waals surface area contributed by atoms with Gasteiger partial charge in [0, 0.05) is 44.1 Å². The number of aryl methyl sites for hydroxylation is 1. The maximum Gasteiger partial charge on any atom is 0.193 e. The molecule has 1 unspecified atom stereocenters. The van der Waals surface area contributed by atoms with Crippen LogP contribution in [0.2, 0.25) is 0 Å². The number of nitrogens with zero attached hydrogens (tertiary/aromatic N) is 4. The molecule has 0 amide bonds. The van der Waals surface area contributed by atoms with E-state index in [9.17, 15) is 0 Å². The number of ether oxygens (including phenoxy) is 1. The van der Waals surface area contributed by atoms with Gasteiger partial charge in [-0.25, -0.2) is 0 Å². The van der Waals surface area contributed by atoms with Crippen LogP contribution in [-0.4, -0.2) is 62.2 Å². The molecule has 7 heteroatoms. The van der Waals surface area contributed by atoms with Crippen molar-refractivity contribution in [3.63, 3.8) is 0 Å². The van der Waals surface area contributed by atoms with Crippen molar-refractivity contribution in [3.05, 3.63) is 52.3 Å². The van der Waals surface area contributed by atoms with Crippen LogP contribution in [0.4, 0.5) is 0 Å². The fourth-order valence-electron chi connectivity index (χ4n) is 3.04. The number of likely N-dealkylation sites (N-methyl/N-ethyl adjacent to an activating group) is 1. The van der Waals surface area contributed by atoms with Crippen molar-refractivity contribution in [1.29, 1.82) is 0 Å². The molecule has 1 aromatic carbocycles. The number of methoxy groups -OCH3 is 1. The summed E-state index contributed by atoms with van der Waals surface area (Å²) in [5.41, 5.74) is 2.45. The van der Waals surface area contributed by atoms with E-state index in [1.807, 2.05) is 26.2 Å². The molecule has 0 spiro atoms. The van der Waals surface area contributed by atoms with Gasteiger partial charge in [0.25, 0.3) is 0 Å². The zero-order chi connectivity index (χ0) is 20.0. The first-order valence-corrected chi connectivity index (χ1v) is 9.68. The predicted octanol–water partition coefficient (Wildman–Crippen LogP) is 3.11. The lowest BCUT2D eigenvalue weighted by atomic mass is 10.1. The zero-order valence-corrected chi connectivity index (χ0v) is 18.6. The lowest BCUT2D eigenvalue weighted by molar-refractivity contribution is 0.295. The van der Waals surface area contributed by atoms with E-state index in [2.05, 4.69) is 86.1 Å². The van der Waals surface area contributed by atoms with Crippen LogP contribution in [0.15, 0.2) is 46.0 Å². The lowest BCUT2D eigenvalue weighted by Gasteiger charge is -2.28. The van der Waals surface area contributed by atoms with E-state index in [-0.39, 0.29) is 6.04 Å². The average molecular weight is 436 g/mol. The Morgan fingerprint density at radius 3 is 2.41 bits per heavy atom. The summed E-state index contributed by atoms with van der Waals surface area (Å²) >= 11 is 3.53. The van der Waals surface area contributed by atoms with Crippen molar-refractivity contribution in [3.8, 4) is 5.75 Å². The summed E-state index contributed by atoms with van der Waals surface area (Å²) in [7, 11) is 11.8. The van der Waals surface area contributed by atoms with Crippen LogP contribution in [0.25, 0.3) is 0 Å². The fraction of sp³-hybridized carbons (Fsp3) is 0.450. The minimum absolute atomic E-state index is 0.227. The predicted molar refractivity (Wildman–Crippen MR) is 115 cm³/mol. The third-order valence-corrected chi connectivity index (χ3v) is 5.06. The van der Waals surface area contributed by atoms with Crippen LogP contribution in [-0.2, 0) is 13.6 Å². The molecule has 0 aliphatic carbocycles. The lowest BCUT2D eigenvalue weighted by Crippen LogP contribution is -2.42. The van der Waals surface area contributed by atoms with E-state index in [0.29, 0.717) is 0 Å². The van der Waals surface area contributed by atoms with E-state index in [0.717, 1.165) is 29.3 Å². The van der Waals surface area contributed by atoms with Gasteiger partial charge in [-0.3, -0.25) is 4.99 Å². The Morgan fingerprint density at radius 1 is 1.26 bits per heavy atom. The van der Waals surface area contributed by atoms with Crippen molar-refractivity contribution in [1.82, 2.24) is 19.7 Å². The number of aliphatic imine (C=N–C) groups is 1. The summed E-state index contributed by atoms with van der Waals surface area (Å²) in [5.74, 6) is 1.74. The van der Waals surface area contributed by atoms with Gasteiger partial charge in [0.2, 0.25) is 0 Å². The normalized spacial score (nSPS) is 13.0. The third kappa shape index (κ3) is 5.74. The van der Waals surface area contributed by atoms with E-state index < -0.39 is 0 Å². The van der Waals surface area contributed by atoms with E-state index in [1.54, 1.807) is 7.11 Å². The van der Waals surface area contributed by atoms with Gasteiger partial charge in [0.05, 0.1) is 19.7 Å². The summed E-state index contributed by atoms with van der Waals surface area (Å²) in [6, 6.07) is 10.6. The summed E-state index contributed by atoms with van der Waals surface area (Å²) in [5, 5.41) is 3.51. The van der Waals surface area contributed by atoms with Crippen molar-refractivity contribution >= 4 is 21.9 Å². The first-order valence-electron chi connectivity index (χ1n) is 8.88. The number of hydrogen-bond donors (Lipinski definition) is 1.